The number of rotatable bonds is 13. The van der Waals surface area contributed by atoms with Gasteiger partial charge in [0.2, 0.25) is 5.91 Å². The highest BCUT2D eigenvalue weighted by Crippen LogP contribution is 2.59. The Morgan fingerprint density at radius 1 is 1.02 bits per heavy atom. The second-order valence-electron chi connectivity index (χ2n) is 12.5. The first kappa shape index (κ1) is 31.2. The van der Waals surface area contributed by atoms with Crippen LogP contribution >= 0.6 is 23.2 Å². The molecule has 1 aromatic carbocycles. The summed E-state index contributed by atoms with van der Waals surface area (Å²) in [6.45, 7) is 12.3. The molecular formula is C32H48Cl2N4O2. The fourth-order valence-corrected chi connectivity index (χ4v) is 6.90. The first-order chi connectivity index (χ1) is 19.2. The lowest BCUT2D eigenvalue weighted by Gasteiger charge is -2.57. The molecular weight excluding hydrogens is 543 g/mol. The van der Waals surface area contributed by atoms with Crippen LogP contribution in [-0.4, -0.2) is 72.5 Å². The van der Waals surface area contributed by atoms with Crippen molar-refractivity contribution in [1.82, 2.24) is 14.7 Å². The summed E-state index contributed by atoms with van der Waals surface area (Å²) >= 11 is 12.3. The molecule has 1 saturated heterocycles. The topological polar surface area (TPSA) is 55.9 Å². The highest BCUT2D eigenvalue weighted by molar-refractivity contribution is 6.42. The van der Waals surface area contributed by atoms with E-state index in [-0.39, 0.29) is 6.03 Å². The van der Waals surface area contributed by atoms with Gasteiger partial charge in [-0.15, -0.1) is 0 Å². The van der Waals surface area contributed by atoms with Crippen LogP contribution in [0, 0.1) is 17.3 Å². The average Bonchev–Trinajstić information content (AvgIpc) is 2.95. The van der Waals surface area contributed by atoms with Gasteiger partial charge in [-0.1, -0.05) is 87.7 Å². The highest BCUT2D eigenvalue weighted by Gasteiger charge is 2.51. The number of anilines is 1. The van der Waals surface area contributed by atoms with Crippen molar-refractivity contribution in [3.63, 3.8) is 0 Å². The number of fused-ring (bicyclic) bond motifs is 1. The number of carbonyl (C=O) groups excluding carboxylic acids is 2. The summed E-state index contributed by atoms with van der Waals surface area (Å²) in [5, 5.41) is 3.93. The Hall–Kier alpha value is -1.76. The van der Waals surface area contributed by atoms with Crippen LogP contribution in [0.5, 0.6) is 0 Å². The van der Waals surface area contributed by atoms with Gasteiger partial charge in [-0.05, 0) is 54.7 Å². The third-order valence-electron chi connectivity index (χ3n) is 9.57. The molecule has 1 N–H and O–H groups in total. The number of nitrogens with zero attached hydrogens (tertiary/aromatic N) is 3. The maximum absolute atomic E-state index is 13.5. The molecule has 2 unspecified atom stereocenters. The summed E-state index contributed by atoms with van der Waals surface area (Å²) in [6.07, 6.45) is 12.6. The van der Waals surface area contributed by atoms with E-state index in [2.05, 4.69) is 37.1 Å². The molecule has 1 heterocycles. The van der Waals surface area contributed by atoms with Crippen molar-refractivity contribution in [3.8, 4) is 0 Å². The number of halogens is 2. The minimum Gasteiger partial charge on any atom is -0.340 e. The first-order valence-corrected chi connectivity index (χ1v) is 16.1. The van der Waals surface area contributed by atoms with Gasteiger partial charge in [0.05, 0.1) is 10.0 Å². The van der Waals surface area contributed by atoms with Gasteiger partial charge in [-0.3, -0.25) is 9.69 Å². The Labute approximate surface area is 251 Å². The van der Waals surface area contributed by atoms with Crippen molar-refractivity contribution in [2.75, 3.05) is 51.1 Å². The lowest BCUT2D eigenvalue weighted by molar-refractivity contribution is -0.133. The van der Waals surface area contributed by atoms with Crippen molar-refractivity contribution < 1.29 is 9.59 Å². The number of urea groups is 1. The number of carbonyl (C=O) groups is 2. The molecule has 5 rings (SSSR count). The number of benzene rings is 1. The number of nitrogens with one attached hydrogen (secondary N) is 1. The third-order valence-corrected chi connectivity index (χ3v) is 10.3. The molecule has 4 aliphatic rings. The van der Waals surface area contributed by atoms with E-state index in [0.717, 1.165) is 57.9 Å². The Bertz CT molecular complexity index is 1050. The zero-order valence-electron chi connectivity index (χ0n) is 24.7. The predicted octanol–water partition coefficient (Wildman–Crippen LogP) is 7.71. The lowest BCUT2D eigenvalue weighted by Crippen LogP contribution is -2.52. The molecule has 0 spiro atoms. The molecule has 8 heteroatoms. The normalized spacial score (nSPS) is 21.9. The molecule has 3 aliphatic carbocycles. The van der Waals surface area contributed by atoms with Gasteiger partial charge in [0.15, 0.2) is 0 Å². The standard InChI is InChI=1S/C32H48Cl2N4O2/c1-4-5-6-7-8-9-10-30(39)37-18-15-36(16-19-37)17-20-38(23-24-11-12-25-21-27(24)32(25,2)3)31(40)35-26-13-14-28(33)29(34)22-26/h11,13-14,22,25,27H,4-10,12,15-21,23H2,1-3H3,(H,35,40). The minimum absolute atomic E-state index is 0.119. The van der Waals surface area contributed by atoms with Gasteiger partial charge in [0.25, 0.3) is 0 Å². The second-order valence-corrected chi connectivity index (χ2v) is 13.4. The van der Waals surface area contributed by atoms with Crippen LogP contribution in [0.2, 0.25) is 10.0 Å². The van der Waals surface area contributed by atoms with E-state index >= 15 is 0 Å². The molecule has 1 aliphatic heterocycles. The summed E-state index contributed by atoms with van der Waals surface area (Å²) in [5.74, 6) is 1.61. The van der Waals surface area contributed by atoms with Crippen LogP contribution in [0.25, 0.3) is 0 Å². The smallest absolute Gasteiger partial charge is 0.322 e. The van der Waals surface area contributed by atoms with Gasteiger partial charge in [-0.25, -0.2) is 4.79 Å². The van der Waals surface area contributed by atoms with Crippen LogP contribution < -0.4 is 5.32 Å². The summed E-state index contributed by atoms with van der Waals surface area (Å²) < 4.78 is 0. The number of unbranched alkanes of at least 4 members (excludes halogenated alkanes) is 5. The van der Waals surface area contributed by atoms with E-state index in [9.17, 15) is 9.59 Å². The van der Waals surface area contributed by atoms with Gasteiger partial charge < -0.3 is 15.1 Å². The van der Waals surface area contributed by atoms with Crippen LogP contribution in [0.15, 0.2) is 29.8 Å². The molecule has 1 saturated carbocycles. The summed E-state index contributed by atoms with van der Waals surface area (Å²) in [5.41, 5.74) is 2.35. The second kappa shape index (κ2) is 14.4. The maximum Gasteiger partial charge on any atom is 0.322 e. The van der Waals surface area contributed by atoms with Gasteiger partial charge >= 0.3 is 6.03 Å². The van der Waals surface area contributed by atoms with Crippen LogP contribution in [0.1, 0.15) is 78.6 Å². The van der Waals surface area contributed by atoms with Crippen LogP contribution in [-0.2, 0) is 4.79 Å². The van der Waals surface area contributed by atoms with Crippen molar-refractivity contribution in [3.05, 3.63) is 39.9 Å². The van der Waals surface area contributed by atoms with E-state index in [4.69, 9.17) is 23.2 Å². The van der Waals surface area contributed by atoms with Crippen molar-refractivity contribution in [2.24, 2.45) is 17.3 Å². The zero-order chi connectivity index (χ0) is 28.7. The Morgan fingerprint density at radius 3 is 2.42 bits per heavy atom. The molecule has 2 bridgehead atoms. The van der Waals surface area contributed by atoms with Crippen molar-refractivity contribution >= 4 is 40.8 Å². The van der Waals surface area contributed by atoms with E-state index in [1.54, 1.807) is 18.2 Å². The minimum atomic E-state index is -0.119. The Kier molecular flexibility index (Phi) is 11.2. The number of piperazine rings is 1. The van der Waals surface area contributed by atoms with E-state index < -0.39 is 0 Å². The molecule has 2 atom stereocenters. The quantitative estimate of drug-likeness (QED) is 0.189. The van der Waals surface area contributed by atoms with Gasteiger partial charge in [0.1, 0.15) is 0 Å². The van der Waals surface area contributed by atoms with Crippen molar-refractivity contribution in [1.29, 1.82) is 0 Å². The van der Waals surface area contributed by atoms with Gasteiger partial charge in [-0.2, -0.15) is 0 Å². The Balaban J connectivity index is 1.28. The molecule has 1 aromatic rings. The Morgan fingerprint density at radius 2 is 1.75 bits per heavy atom. The molecule has 0 aromatic heterocycles. The molecule has 3 amide bonds. The monoisotopic (exact) mass is 590 g/mol. The highest BCUT2D eigenvalue weighted by atomic mass is 35.5. The van der Waals surface area contributed by atoms with Gasteiger partial charge in [0, 0.05) is 57.9 Å². The number of amides is 3. The molecule has 6 nitrogen and oxygen atoms in total. The molecule has 0 radical (unpaired) electrons. The fraction of sp³-hybridized carbons (Fsp3) is 0.688. The first-order valence-electron chi connectivity index (χ1n) is 15.4. The predicted molar refractivity (Wildman–Crippen MR) is 166 cm³/mol. The largest absolute Gasteiger partial charge is 0.340 e. The maximum atomic E-state index is 13.5. The zero-order valence-corrected chi connectivity index (χ0v) is 26.2. The molecule has 222 valence electrons. The van der Waals surface area contributed by atoms with E-state index in [1.165, 1.54) is 37.7 Å². The van der Waals surface area contributed by atoms with Crippen LogP contribution in [0.4, 0.5) is 10.5 Å². The summed E-state index contributed by atoms with van der Waals surface area (Å²) in [4.78, 5) is 32.6. The number of hydrogen-bond acceptors (Lipinski definition) is 3. The summed E-state index contributed by atoms with van der Waals surface area (Å²) in [6, 6.07) is 5.07. The van der Waals surface area contributed by atoms with E-state index in [1.807, 2.05) is 9.80 Å². The van der Waals surface area contributed by atoms with E-state index in [0.29, 0.717) is 52.5 Å². The number of hydrogen-bond donors (Lipinski definition) is 1. The summed E-state index contributed by atoms with van der Waals surface area (Å²) in [7, 11) is 0. The SMILES string of the molecule is CCCCCCCCC(=O)N1CCN(CCN(CC2=CCC3CC2C3(C)C)C(=O)Nc2ccc(Cl)c(Cl)c2)CC1. The third kappa shape index (κ3) is 7.95. The lowest BCUT2D eigenvalue weighted by atomic mass is 9.49. The molecule has 40 heavy (non-hydrogen) atoms. The fourth-order valence-electron chi connectivity index (χ4n) is 6.60. The van der Waals surface area contributed by atoms with Crippen molar-refractivity contribution in [2.45, 2.75) is 78.6 Å². The molecule has 2 fully saturated rings. The number of allylic oxidation sites excluding steroid dienone is 1. The van der Waals surface area contributed by atoms with Crippen LogP contribution in [0.3, 0.4) is 0 Å². The average molecular weight is 592 g/mol.